The Balaban J connectivity index is 2.49. The minimum Gasteiger partial charge on any atom is -0.304 e. The summed E-state index contributed by atoms with van der Waals surface area (Å²) in [6.07, 6.45) is 4.40. The van der Waals surface area contributed by atoms with E-state index in [-0.39, 0.29) is 10.8 Å². The number of hydrogen-bond acceptors (Lipinski definition) is 1. The molecule has 2 nitrogen and oxygen atoms in total. The minimum atomic E-state index is -0.112. The molecule has 2 rings (SSSR count). The van der Waals surface area contributed by atoms with Crippen molar-refractivity contribution >= 4 is 5.78 Å². The van der Waals surface area contributed by atoms with Gasteiger partial charge in [0.1, 0.15) is 6.20 Å². The van der Waals surface area contributed by atoms with E-state index in [1.165, 1.54) is 6.42 Å². The van der Waals surface area contributed by atoms with Gasteiger partial charge in [0.2, 0.25) is 0 Å². The highest BCUT2D eigenvalue weighted by atomic mass is 16.1. The number of hydrogen-bond donors (Lipinski definition) is 0. The second-order valence-electron chi connectivity index (χ2n) is 7.17. The van der Waals surface area contributed by atoms with Crippen LogP contribution in [0.15, 0.2) is 11.8 Å². The molecule has 0 aromatic heterocycles. The SMILES string of the molecule is CC1(C)[C@H]2CC[C@]1(C)C(=O)/C2=C\[N+](C)(C)C. The molecule has 16 heavy (non-hydrogen) atoms. The van der Waals surface area contributed by atoms with Crippen LogP contribution in [0.25, 0.3) is 0 Å². The van der Waals surface area contributed by atoms with Gasteiger partial charge in [-0.25, -0.2) is 0 Å². The van der Waals surface area contributed by atoms with E-state index in [0.717, 1.165) is 16.5 Å². The van der Waals surface area contributed by atoms with Crippen molar-refractivity contribution in [1.29, 1.82) is 0 Å². The first-order valence-electron chi connectivity index (χ1n) is 6.18. The zero-order valence-electron chi connectivity index (χ0n) is 11.4. The van der Waals surface area contributed by atoms with Crippen molar-refractivity contribution in [3.05, 3.63) is 11.8 Å². The van der Waals surface area contributed by atoms with Crippen molar-refractivity contribution in [3.63, 3.8) is 0 Å². The summed E-state index contributed by atoms with van der Waals surface area (Å²) in [7, 11) is 6.34. The molecule has 0 radical (unpaired) electrons. The van der Waals surface area contributed by atoms with Crippen molar-refractivity contribution in [2.45, 2.75) is 33.6 Å². The van der Waals surface area contributed by atoms with Gasteiger partial charge in [0.05, 0.1) is 26.7 Å². The molecule has 0 aliphatic heterocycles. The fourth-order valence-corrected chi connectivity index (χ4v) is 3.49. The van der Waals surface area contributed by atoms with Crippen LogP contribution in [-0.4, -0.2) is 31.4 Å². The molecule has 2 aliphatic carbocycles. The number of carbonyl (C=O) groups is 1. The third-order valence-electron chi connectivity index (χ3n) is 4.89. The Morgan fingerprint density at radius 2 is 1.81 bits per heavy atom. The van der Waals surface area contributed by atoms with Gasteiger partial charge in [-0.3, -0.25) is 4.79 Å². The summed E-state index contributed by atoms with van der Waals surface area (Å²) in [5, 5.41) is 0. The lowest BCUT2D eigenvalue weighted by molar-refractivity contribution is -0.817. The van der Waals surface area contributed by atoms with E-state index in [1.54, 1.807) is 0 Å². The molecule has 0 unspecified atom stereocenters. The molecule has 0 saturated heterocycles. The first kappa shape index (κ1) is 11.8. The molecular formula is C14H24NO+. The van der Waals surface area contributed by atoms with Crippen LogP contribution in [0.3, 0.4) is 0 Å². The highest BCUT2D eigenvalue weighted by Crippen LogP contribution is 2.65. The van der Waals surface area contributed by atoms with Crippen LogP contribution in [0.5, 0.6) is 0 Å². The van der Waals surface area contributed by atoms with E-state index in [4.69, 9.17) is 0 Å². The number of Topliss-reactive ketones (excluding diaryl/α,β-unsaturated/α-hetero) is 1. The highest BCUT2D eigenvalue weighted by Gasteiger charge is 2.64. The standard InChI is InChI=1S/C14H24NO/c1-13(2)11-7-8-14(13,3)12(16)10(11)9-15(4,5)6/h9,11H,7-8H2,1-6H3/q+1/b10-9-/t11-,14+/m0/s1. The molecule has 0 aromatic rings. The largest absolute Gasteiger partial charge is 0.304 e. The maximum Gasteiger partial charge on any atom is 0.170 e. The molecule has 0 aromatic carbocycles. The molecule has 2 saturated carbocycles. The van der Waals surface area contributed by atoms with Crippen LogP contribution in [0.1, 0.15) is 33.6 Å². The van der Waals surface area contributed by atoms with E-state index in [9.17, 15) is 4.79 Å². The molecule has 2 atom stereocenters. The Labute approximate surface area is 98.9 Å². The van der Waals surface area contributed by atoms with E-state index >= 15 is 0 Å². The summed E-state index contributed by atoms with van der Waals surface area (Å²) in [6.45, 7) is 6.68. The molecule has 2 bridgehead atoms. The Bertz CT molecular complexity index is 373. The molecule has 0 N–H and O–H groups in total. The number of fused-ring (bicyclic) bond motifs is 2. The fraction of sp³-hybridized carbons (Fsp3) is 0.786. The van der Waals surface area contributed by atoms with E-state index in [2.05, 4.69) is 48.1 Å². The number of allylic oxidation sites excluding steroid dienone is 1. The molecule has 2 heteroatoms. The fourth-order valence-electron chi connectivity index (χ4n) is 3.49. The molecule has 0 heterocycles. The van der Waals surface area contributed by atoms with E-state index in [1.807, 2.05) is 0 Å². The average Bonchev–Trinajstić information content (AvgIpc) is 2.38. The van der Waals surface area contributed by atoms with Gasteiger partial charge < -0.3 is 4.48 Å². The Hall–Kier alpha value is -0.630. The highest BCUT2D eigenvalue weighted by molar-refractivity contribution is 6.04. The van der Waals surface area contributed by atoms with E-state index < -0.39 is 0 Å². The molecule has 2 aliphatic rings. The van der Waals surface area contributed by atoms with Crippen molar-refractivity contribution in [2.75, 3.05) is 21.1 Å². The Morgan fingerprint density at radius 1 is 1.25 bits per heavy atom. The van der Waals surface area contributed by atoms with Crippen molar-refractivity contribution in [2.24, 2.45) is 16.7 Å². The minimum absolute atomic E-state index is 0.112. The number of carbonyl (C=O) groups excluding carboxylic acids is 1. The molecule has 2 fully saturated rings. The second-order valence-corrected chi connectivity index (χ2v) is 7.17. The normalized spacial score (nSPS) is 39.8. The van der Waals surface area contributed by atoms with Crippen molar-refractivity contribution in [1.82, 2.24) is 0 Å². The third-order valence-corrected chi connectivity index (χ3v) is 4.89. The maximum atomic E-state index is 12.5. The molecule has 90 valence electrons. The number of rotatable bonds is 1. The maximum absolute atomic E-state index is 12.5. The van der Waals surface area contributed by atoms with Gasteiger partial charge in [-0.1, -0.05) is 20.8 Å². The van der Waals surface area contributed by atoms with Gasteiger partial charge in [-0.2, -0.15) is 0 Å². The topological polar surface area (TPSA) is 17.1 Å². The number of quaternary nitrogens is 1. The number of nitrogens with zero attached hydrogens (tertiary/aromatic N) is 1. The lowest BCUT2D eigenvalue weighted by Crippen LogP contribution is -2.33. The van der Waals surface area contributed by atoms with Gasteiger partial charge in [0.25, 0.3) is 0 Å². The molecule has 0 amide bonds. The van der Waals surface area contributed by atoms with E-state index in [0.29, 0.717) is 11.7 Å². The summed E-state index contributed by atoms with van der Waals surface area (Å²) in [5.74, 6) is 0.879. The van der Waals surface area contributed by atoms with Gasteiger partial charge >= 0.3 is 0 Å². The van der Waals surface area contributed by atoms with Gasteiger partial charge in [-0.15, -0.1) is 0 Å². The third kappa shape index (κ3) is 1.32. The van der Waals surface area contributed by atoms with Crippen LogP contribution in [0.2, 0.25) is 0 Å². The summed E-state index contributed by atoms with van der Waals surface area (Å²) in [4.78, 5) is 12.5. The quantitative estimate of drug-likeness (QED) is 0.492. The predicted molar refractivity (Wildman–Crippen MR) is 65.7 cm³/mol. The zero-order chi connectivity index (χ0) is 12.4. The van der Waals surface area contributed by atoms with Crippen LogP contribution in [0.4, 0.5) is 0 Å². The first-order chi connectivity index (χ1) is 7.09. The summed E-state index contributed by atoms with van der Waals surface area (Å²) >= 11 is 0. The zero-order valence-corrected chi connectivity index (χ0v) is 11.4. The smallest absolute Gasteiger partial charge is 0.170 e. The van der Waals surface area contributed by atoms with Gasteiger partial charge in [0, 0.05) is 5.41 Å². The molecular weight excluding hydrogens is 198 g/mol. The first-order valence-corrected chi connectivity index (χ1v) is 6.18. The Kier molecular flexibility index (Phi) is 2.20. The predicted octanol–water partition coefficient (Wildman–Crippen LogP) is 2.60. The van der Waals surface area contributed by atoms with Crippen LogP contribution < -0.4 is 0 Å². The lowest BCUT2D eigenvalue weighted by Gasteiger charge is -2.31. The number of ketones is 1. The van der Waals surface area contributed by atoms with Crippen molar-refractivity contribution in [3.8, 4) is 0 Å². The summed E-state index contributed by atoms with van der Waals surface area (Å²) in [6, 6.07) is 0. The van der Waals surface area contributed by atoms with Crippen molar-refractivity contribution < 1.29 is 9.28 Å². The van der Waals surface area contributed by atoms with Crippen LogP contribution in [-0.2, 0) is 4.79 Å². The van der Waals surface area contributed by atoms with Gasteiger partial charge in [-0.05, 0) is 24.2 Å². The van der Waals surface area contributed by atoms with Crippen LogP contribution >= 0.6 is 0 Å². The van der Waals surface area contributed by atoms with Crippen LogP contribution in [0, 0.1) is 16.7 Å². The summed E-state index contributed by atoms with van der Waals surface area (Å²) in [5.41, 5.74) is 1.12. The average molecular weight is 222 g/mol. The van der Waals surface area contributed by atoms with Gasteiger partial charge in [0.15, 0.2) is 5.78 Å². The Morgan fingerprint density at radius 3 is 2.19 bits per heavy atom. The lowest BCUT2D eigenvalue weighted by atomic mass is 9.70. The summed E-state index contributed by atoms with van der Waals surface area (Å²) < 4.78 is 0.740. The monoisotopic (exact) mass is 222 g/mol. The molecule has 0 spiro atoms. The second kappa shape index (κ2) is 2.98.